The molecule has 3 heterocycles. The fraction of sp³-hybridized carbons (Fsp3) is 0.222. The Balaban J connectivity index is 1.85. The summed E-state index contributed by atoms with van der Waals surface area (Å²) in [5.74, 6) is -1.32. The van der Waals surface area contributed by atoms with Gasteiger partial charge in [0.1, 0.15) is 11.0 Å². The molecule has 1 aromatic carbocycles. The normalized spacial score (nSPS) is 17.5. The smallest absolute Gasteiger partial charge is 0.294 e. The summed E-state index contributed by atoms with van der Waals surface area (Å²) in [5, 5.41) is 12.8. The third-order valence-corrected chi connectivity index (χ3v) is 5.18. The van der Waals surface area contributed by atoms with Gasteiger partial charge in [0.05, 0.1) is 22.9 Å². The van der Waals surface area contributed by atoms with Gasteiger partial charge in [-0.2, -0.15) is 0 Å². The molecule has 0 radical (unpaired) electrons. The van der Waals surface area contributed by atoms with E-state index in [1.165, 1.54) is 16.2 Å². The van der Waals surface area contributed by atoms with Crippen LogP contribution in [0.25, 0.3) is 11.0 Å². The monoisotopic (exact) mass is 368 g/mol. The Morgan fingerprint density at radius 3 is 2.96 bits per heavy atom. The second-order valence-electron chi connectivity index (χ2n) is 5.99. The molecule has 0 bridgehead atoms. The summed E-state index contributed by atoms with van der Waals surface area (Å²) in [7, 11) is 0. The largest absolute Gasteiger partial charge is 0.503 e. The molecule has 132 valence electrons. The molecule has 26 heavy (non-hydrogen) atoms. The minimum absolute atomic E-state index is 0.122. The van der Waals surface area contributed by atoms with E-state index < -0.39 is 17.7 Å². The first-order valence-electron chi connectivity index (χ1n) is 8.24. The zero-order valence-electron chi connectivity index (χ0n) is 14.0. The van der Waals surface area contributed by atoms with Gasteiger partial charge in [-0.15, -0.1) is 11.3 Å². The van der Waals surface area contributed by atoms with E-state index in [1.54, 1.807) is 36.1 Å². The second-order valence-corrected chi connectivity index (χ2v) is 6.91. The number of aliphatic hydroxyl groups is 1. The lowest BCUT2D eigenvalue weighted by atomic mass is 10.0. The van der Waals surface area contributed by atoms with E-state index in [1.807, 2.05) is 6.92 Å². The zero-order chi connectivity index (χ0) is 18.3. The molecule has 8 heteroatoms. The Bertz CT molecular complexity index is 1020. The third kappa shape index (κ3) is 2.50. The molecular formula is C18H16N4O3S. The van der Waals surface area contributed by atoms with Gasteiger partial charge in [-0.3, -0.25) is 14.5 Å². The van der Waals surface area contributed by atoms with Crippen molar-refractivity contribution >= 4 is 39.7 Å². The average Bonchev–Trinajstić information content (AvgIpc) is 3.35. The van der Waals surface area contributed by atoms with Crippen molar-refractivity contribution in [1.29, 1.82) is 0 Å². The number of ketones is 1. The number of fused-ring (bicyclic) bond motifs is 1. The molecule has 0 spiro atoms. The summed E-state index contributed by atoms with van der Waals surface area (Å²) in [5.41, 5.74) is 2.22. The van der Waals surface area contributed by atoms with Crippen LogP contribution in [-0.4, -0.2) is 31.7 Å². The molecule has 0 aliphatic carbocycles. The van der Waals surface area contributed by atoms with Crippen LogP contribution in [0.2, 0.25) is 0 Å². The summed E-state index contributed by atoms with van der Waals surface area (Å²) in [4.78, 5) is 38.3. The van der Waals surface area contributed by atoms with E-state index in [0.29, 0.717) is 17.1 Å². The van der Waals surface area contributed by atoms with E-state index in [4.69, 9.17) is 0 Å². The predicted octanol–water partition coefficient (Wildman–Crippen LogP) is 3.29. The molecule has 7 nitrogen and oxygen atoms in total. The van der Waals surface area contributed by atoms with Gasteiger partial charge < -0.3 is 10.1 Å². The maximum Gasteiger partial charge on any atom is 0.294 e. The molecule has 1 amide bonds. The van der Waals surface area contributed by atoms with Crippen molar-refractivity contribution in [2.75, 3.05) is 4.90 Å². The summed E-state index contributed by atoms with van der Waals surface area (Å²) >= 11 is 1.34. The summed E-state index contributed by atoms with van der Waals surface area (Å²) in [6.45, 7) is 1.88. The van der Waals surface area contributed by atoms with Crippen LogP contribution in [0.3, 0.4) is 0 Å². The molecule has 1 aliphatic rings. The molecule has 0 saturated heterocycles. The van der Waals surface area contributed by atoms with Gasteiger partial charge in [0.15, 0.2) is 11.5 Å². The molecule has 0 saturated carbocycles. The minimum Gasteiger partial charge on any atom is -0.503 e. The Morgan fingerprint density at radius 2 is 2.23 bits per heavy atom. The fourth-order valence-electron chi connectivity index (χ4n) is 3.19. The average molecular weight is 368 g/mol. The van der Waals surface area contributed by atoms with Crippen LogP contribution in [0.5, 0.6) is 0 Å². The highest BCUT2D eigenvalue weighted by atomic mass is 32.1. The number of H-pyrrole nitrogens is 1. The number of aromatic nitrogens is 3. The Kier molecular flexibility index (Phi) is 4.04. The minimum atomic E-state index is -0.720. The van der Waals surface area contributed by atoms with Crippen LogP contribution in [0.4, 0.5) is 5.69 Å². The van der Waals surface area contributed by atoms with Crippen molar-refractivity contribution < 1.29 is 14.7 Å². The maximum atomic E-state index is 12.8. The van der Waals surface area contributed by atoms with Crippen molar-refractivity contribution in [2.45, 2.75) is 25.8 Å². The van der Waals surface area contributed by atoms with Crippen LogP contribution in [-0.2, 0) is 9.59 Å². The number of hydrogen-bond acceptors (Lipinski definition) is 6. The molecule has 1 atom stereocenters. The van der Waals surface area contributed by atoms with E-state index in [2.05, 4.69) is 15.0 Å². The first-order chi connectivity index (χ1) is 12.6. The van der Waals surface area contributed by atoms with Gasteiger partial charge >= 0.3 is 0 Å². The van der Waals surface area contributed by atoms with Crippen LogP contribution < -0.4 is 4.90 Å². The lowest BCUT2D eigenvalue weighted by molar-refractivity contribution is -0.118. The zero-order valence-corrected chi connectivity index (χ0v) is 14.8. The Labute approximate surface area is 153 Å². The van der Waals surface area contributed by atoms with Gasteiger partial charge in [0, 0.05) is 23.7 Å². The molecule has 3 aromatic rings. The molecule has 4 rings (SSSR count). The Morgan fingerprint density at radius 1 is 1.38 bits per heavy atom. The summed E-state index contributed by atoms with van der Waals surface area (Å²) in [6.07, 6.45) is 4.10. The fourth-order valence-corrected chi connectivity index (χ4v) is 3.93. The molecule has 2 aromatic heterocycles. The van der Waals surface area contributed by atoms with E-state index in [9.17, 15) is 14.7 Å². The quantitative estimate of drug-likeness (QED) is 0.720. The van der Waals surface area contributed by atoms with E-state index in [-0.39, 0.29) is 17.8 Å². The van der Waals surface area contributed by atoms with Gasteiger partial charge in [0.2, 0.25) is 0 Å². The number of aromatic amines is 1. The van der Waals surface area contributed by atoms with E-state index >= 15 is 0 Å². The highest BCUT2D eigenvalue weighted by Crippen LogP contribution is 2.42. The second kappa shape index (κ2) is 6.38. The first kappa shape index (κ1) is 16.5. The standard InChI is InChI=1S/C18H16N4O3S/c1-2-3-13(23)14-15(17-19-6-7-26-17)22(18(25)16(14)24)10-4-5-11-12(8-10)21-9-20-11/h4-9,15,24H,2-3H2,1H3,(H,20,21). The number of benzene rings is 1. The van der Waals surface area contributed by atoms with Gasteiger partial charge in [-0.05, 0) is 24.6 Å². The number of rotatable bonds is 5. The number of hydrogen-bond donors (Lipinski definition) is 2. The van der Waals surface area contributed by atoms with Crippen molar-refractivity contribution in [3.8, 4) is 0 Å². The number of carbonyl (C=O) groups is 2. The number of carbonyl (C=O) groups excluding carboxylic acids is 2. The van der Waals surface area contributed by atoms with Crippen molar-refractivity contribution in [3.63, 3.8) is 0 Å². The van der Waals surface area contributed by atoms with Gasteiger partial charge in [-0.25, -0.2) is 9.97 Å². The molecule has 1 unspecified atom stereocenters. The van der Waals surface area contributed by atoms with Crippen molar-refractivity contribution in [3.05, 3.63) is 52.4 Å². The highest BCUT2D eigenvalue weighted by Gasteiger charge is 2.45. The molecule has 2 N–H and O–H groups in total. The Hall–Kier alpha value is -3.00. The van der Waals surface area contributed by atoms with E-state index in [0.717, 1.165) is 11.0 Å². The SMILES string of the molecule is CCCC(=O)C1=C(O)C(=O)N(c2ccc3nc[nH]c3c2)C1c1nccs1. The molecule has 0 fully saturated rings. The molecular weight excluding hydrogens is 352 g/mol. The van der Waals surface area contributed by atoms with Gasteiger partial charge in [-0.1, -0.05) is 6.92 Å². The topological polar surface area (TPSA) is 99.2 Å². The number of amides is 1. The number of thiazole rings is 1. The van der Waals surface area contributed by atoms with Crippen LogP contribution in [0.15, 0.2) is 47.4 Å². The lowest BCUT2D eigenvalue weighted by Crippen LogP contribution is -2.30. The summed E-state index contributed by atoms with van der Waals surface area (Å²) < 4.78 is 0. The van der Waals surface area contributed by atoms with Crippen LogP contribution >= 0.6 is 11.3 Å². The number of nitrogens with zero attached hydrogens (tertiary/aromatic N) is 3. The number of Topliss-reactive ketones (excluding diaryl/α,β-unsaturated/α-hetero) is 1. The van der Waals surface area contributed by atoms with Crippen LogP contribution in [0, 0.1) is 0 Å². The van der Waals surface area contributed by atoms with Gasteiger partial charge in [0.25, 0.3) is 5.91 Å². The van der Waals surface area contributed by atoms with Crippen LogP contribution in [0.1, 0.15) is 30.8 Å². The maximum absolute atomic E-state index is 12.8. The highest BCUT2D eigenvalue weighted by molar-refractivity contribution is 7.09. The van der Waals surface area contributed by atoms with Crippen molar-refractivity contribution in [2.24, 2.45) is 0 Å². The summed E-state index contributed by atoms with van der Waals surface area (Å²) in [6, 6.07) is 4.60. The number of nitrogens with one attached hydrogen (secondary N) is 1. The lowest BCUT2D eigenvalue weighted by Gasteiger charge is -2.25. The number of aliphatic hydroxyl groups excluding tert-OH is 1. The number of anilines is 1. The predicted molar refractivity (Wildman–Crippen MR) is 98.0 cm³/mol. The first-order valence-corrected chi connectivity index (χ1v) is 9.12. The third-order valence-electron chi connectivity index (χ3n) is 4.35. The number of imidazole rings is 1. The molecule has 1 aliphatic heterocycles. The van der Waals surface area contributed by atoms with Crippen molar-refractivity contribution in [1.82, 2.24) is 15.0 Å².